The molecule has 0 saturated heterocycles. The van der Waals surface area contributed by atoms with Crippen molar-refractivity contribution in [2.24, 2.45) is 0 Å². The molecule has 1 aromatic rings. The van der Waals surface area contributed by atoms with Crippen LogP contribution < -0.4 is 16.0 Å². The van der Waals surface area contributed by atoms with E-state index in [-0.39, 0.29) is 30.7 Å². The zero-order valence-corrected chi connectivity index (χ0v) is 13.4. The first-order valence-corrected chi connectivity index (χ1v) is 7.36. The van der Waals surface area contributed by atoms with Crippen molar-refractivity contribution in [3.8, 4) is 0 Å². The van der Waals surface area contributed by atoms with E-state index >= 15 is 0 Å². The van der Waals surface area contributed by atoms with Gasteiger partial charge < -0.3 is 16.0 Å². The van der Waals surface area contributed by atoms with Gasteiger partial charge in [0.1, 0.15) is 0 Å². The van der Waals surface area contributed by atoms with Crippen LogP contribution in [0.1, 0.15) is 31.9 Å². The molecule has 0 aromatic heterocycles. The Morgan fingerprint density at radius 2 is 1.73 bits per heavy atom. The summed E-state index contributed by atoms with van der Waals surface area (Å²) < 4.78 is 0. The summed E-state index contributed by atoms with van der Waals surface area (Å²) in [5.74, 6) is -0.810. The van der Waals surface area contributed by atoms with Crippen LogP contribution in [0.3, 0.4) is 0 Å². The molecule has 0 aliphatic heterocycles. The van der Waals surface area contributed by atoms with Gasteiger partial charge in [0.05, 0.1) is 19.0 Å². The lowest BCUT2D eigenvalue weighted by Gasteiger charge is -2.18. The summed E-state index contributed by atoms with van der Waals surface area (Å²) in [6, 6.07) is 6.42. The fraction of sp³-hybridized carbons (Fsp3) is 0.400. The second-order valence-corrected chi connectivity index (χ2v) is 5.18. The highest BCUT2D eigenvalue weighted by Gasteiger charge is 2.17. The van der Waals surface area contributed by atoms with Crippen molar-refractivity contribution in [3.05, 3.63) is 34.9 Å². The van der Waals surface area contributed by atoms with Crippen molar-refractivity contribution in [2.75, 3.05) is 13.1 Å². The third kappa shape index (κ3) is 6.58. The number of nitrogens with one attached hydrogen (secondary N) is 3. The first kappa shape index (κ1) is 18.0. The molecular formula is C15H20ClN3O3. The lowest BCUT2D eigenvalue weighted by Crippen LogP contribution is -2.38. The monoisotopic (exact) mass is 325 g/mol. The fourth-order valence-electron chi connectivity index (χ4n) is 1.89. The van der Waals surface area contributed by atoms with Gasteiger partial charge in [0.25, 0.3) is 0 Å². The molecule has 22 heavy (non-hydrogen) atoms. The SMILES string of the molecule is CCNC(=O)CNC(=O)C[C@H](NC(C)=O)c1ccc(Cl)cc1. The number of hydrogen-bond acceptors (Lipinski definition) is 3. The van der Waals surface area contributed by atoms with Gasteiger partial charge in [0.15, 0.2) is 0 Å². The molecule has 0 aliphatic carbocycles. The molecule has 0 saturated carbocycles. The van der Waals surface area contributed by atoms with Crippen molar-refractivity contribution in [1.29, 1.82) is 0 Å². The molecule has 1 atom stereocenters. The van der Waals surface area contributed by atoms with E-state index in [9.17, 15) is 14.4 Å². The third-order valence-corrected chi connectivity index (χ3v) is 3.11. The summed E-state index contributed by atoms with van der Waals surface area (Å²) in [7, 11) is 0. The van der Waals surface area contributed by atoms with Crippen molar-refractivity contribution in [1.82, 2.24) is 16.0 Å². The van der Waals surface area contributed by atoms with Gasteiger partial charge in [0.2, 0.25) is 17.7 Å². The van der Waals surface area contributed by atoms with E-state index in [1.807, 2.05) is 0 Å². The van der Waals surface area contributed by atoms with E-state index in [1.54, 1.807) is 31.2 Å². The number of rotatable bonds is 7. The van der Waals surface area contributed by atoms with Crippen LogP contribution in [-0.4, -0.2) is 30.8 Å². The number of benzene rings is 1. The van der Waals surface area contributed by atoms with E-state index in [4.69, 9.17) is 11.6 Å². The average Bonchev–Trinajstić information content (AvgIpc) is 2.45. The van der Waals surface area contributed by atoms with Crippen molar-refractivity contribution < 1.29 is 14.4 Å². The topological polar surface area (TPSA) is 87.3 Å². The van der Waals surface area contributed by atoms with E-state index in [2.05, 4.69) is 16.0 Å². The Bertz CT molecular complexity index is 531. The minimum atomic E-state index is -0.469. The Hall–Kier alpha value is -2.08. The van der Waals surface area contributed by atoms with Crippen LogP contribution in [0.2, 0.25) is 5.02 Å². The first-order valence-electron chi connectivity index (χ1n) is 6.98. The number of likely N-dealkylation sites (N-methyl/N-ethyl adjacent to an activating group) is 1. The molecule has 0 heterocycles. The molecule has 0 spiro atoms. The summed E-state index contributed by atoms with van der Waals surface area (Å²) in [6.45, 7) is 3.61. The maximum atomic E-state index is 11.9. The smallest absolute Gasteiger partial charge is 0.239 e. The minimum Gasteiger partial charge on any atom is -0.355 e. The number of hydrogen-bond donors (Lipinski definition) is 3. The van der Waals surface area contributed by atoms with Crippen molar-refractivity contribution >= 4 is 29.3 Å². The predicted molar refractivity (Wildman–Crippen MR) is 84.3 cm³/mol. The van der Waals surface area contributed by atoms with Gasteiger partial charge in [-0.15, -0.1) is 0 Å². The van der Waals surface area contributed by atoms with Gasteiger partial charge in [-0.25, -0.2) is 0 Å². The lowest BCUT2D eigenvalue weighted by atomic mass is 10.0. The van der Waals surface area contributed by atoms with Gasteiger partial charge in [-0.05, 0) is 24.6 Å². The second-order valence-electron chi connectivity index (χ2n) is 4.74. The maximum Gasteiger partial charge on any atom is 0.239 e. The highest BCUT2D eigenvalue weighted by Crippen LogP contribution is 2.19. The molecule has 0 radical (unpaired) electrons. The fourth-order valence-corrected chi connectivity index (χ4v) is 2.01. The van der Waals surface area contributed by atoms with E-state index in [0.717, 1.165) is 5.56 Å². The standard InChI is InChI=1S/C15H20ClN3O3/c1-3-17-15(22)9-18-14(21)8-13(19-10(2)20)11-4-6-12(16)7-5-11/h4-7,13H,3,8-9H2,1-2H3,(H,17,22)(H,18,21)(H,19,20)/t13-/m0/s1. The Morgan fingerprint density at radius 3 is 2.27 bits per heavy atom. The van der Waals surface area contributed by atoms with Crippen LogP contribution in [0.25, 0.3) is 0 Å². The number of amides is 3. The van der Waals surface area contributed by atoms with Gasteiger partial charge in [-0.2, -0.15) is 0 Å². The van der Waals surface area contributed by atoms with Crippen LogP contribution in [0.15, 0.2) is 24.3 Å². The largest absolute Gasteiger partial charge is 0.355 e. The summed E-state index contributed by atoms with van der Waals surface area (Å²) in [4.78, 5) is 34.5. The van der Waals surface area contributed by atoms with Gasteiger partial charge in [0, 0.05) is 18.5 Å². The Balaban J connectivity index is 2.65. The molecule has 6 nitrogen and oxygen atoms in total. The molecule has 0 fully saturated rings. The van der Waals surface area contributed by atoms with Gasteiger partial charge in [-0.1, -0.05) is 23.7 Å². The number of carbonyl (C=O) groups is 3. The molecule has 7 heteroatoms. The molecule has 0 bridgehead atoms. The number of halogens is 1. The van der Waals surface area contributed by atoms with Crippen LogP contribution in [0.4, 0.5) is 0 Å². The summed E-state index contributed by atoms with van der Waals surface area (Å²) in [5, 5.41) is 8.40. The van der Waals surface area contributed by atoms with Crippen LogP contribution in [0, 0.1) is 0 Å². The highest BCUT2D eigenvalue weighted by atomic mass is 35.5. The number of carbonyl (C=O) groups excluding carboxylic acids is 3. The predicted octanol–water partition coefficient (Wildman–Crippen LogP) is 1.16. The summed E-state index contributed by atoms with van der Waals surface area (Å²) in [5.41, 5.74) is 0.771. The Labute approximate surface area is 134 Å². The second kappa shape index (κ2) is 9.04. The lowest BCUT2D eigenvalue weighted by molar-refractivity contribution is -0.126. The van der Waals surface area contributed by atoms with Gasteiger partial charge in [-0.3, -0.25) is 14.4 Å². The summed E-state index contributed by atoms with van der Waals surface area (Å²) >= 11 is 5.83. The molecule has 1 aromatic carbocycles. The third-order valence-electron chi connectivity index (χ3n) is 2.86. The molecular weight excluding hydrogens is 306 g/mol. The van der Waals surface area contributed by atoms with Crippen LogP contribution >= 0.6 is 11.6 Å². The quantitative estimate of drug-likeness (QED) is 0.703. The van der Waals surface area contributed by atoms with Gasteiger partial charge >= 0.3 is 0 Å². The van der Waals surface area contributed by atoms with Crippen molar-refractivity contribution in [3.63, 3.8) is 0 Å². The molecule has 120 valence electrons. The Kier molecular flexibility index (Phi) is 7.39. The molecule has 3 amide bonds. The highest BCUT2D eigenvalue weighted by molar-refractivity contribution is 6.30. The first-order chi connectivity index (χ1) is 10.4. The molecule has 0 unspecified atom stereocenters. The normalized spacial score (nSPS) is 11.4. The summed E-state index contributed by atoms with van der Waals surface area (Å²) in [6.07, 6.45) is 0.0423. The minimum absolute atomic E-state index is 0.0423. The zero-order valence-electron chi connectivity index (χ0n) is 12.6. The van der Waals surface area contributed by atoms with Crippen molar-refractivity contribution in [2.45, 2.75) is 26.3 Å². The average molecular weight is 326 g/mol. The Morgan fingerprint density at radius 1 is 1.09 bits per heavy atom. The van der Waals surface area contributed by atoms with Crippen LogP contribution in [0.5, 0.6) is 0 Å². The molecule has 0 aliphatic rings. The van der Waals surface area contributed by atoms with Crippen LogP contribution in [-0.2, 0) is 14.4 Å². The van der Waals surface area contributed by atoms with E-state index in [0.29, 0.717) is 11.6 Å². The maximum absolute atomic E-state index is 11.9. The molecule has 3 N–H and O–H groups in total. The zero-order chi connectivity index (χ0) is 16.5. The van der Waals surface area contributed by atoms with E-state index in [1.165, 1.54) is 6.92 Å². The molecule has 1 rings (SSSR count). The van der Waals surface area contributed by atoms with E-state index < -0.39 is 6.04 Å².